The zero-order chi connectivity index (χ0) is 12.7. The molecule has 2 aromatic rings. The first-order valence-corrected chi connectivity index (χ1v) is 6.19. The predicted octanol–water partition coefficient (Wildman–Crippen LogP) is 2.60. The van der Waals surface area contributed by atoms with Gasteiger partial charge >= 0.3 is 0 Å². The molecule has 1 fully saturated rings. The van der Waals surface area contributed by atoms with Crippen molar-refractivity contribution >= 4 is 22.6 Å². The van der Waals surface area contributed by atoms with Crippen LogP contribution in [0.15, 0.2) is 18.2 Å². The Hall–Kier alpha value is -1.97. The zero-order valence-electron chi connectivity index (χ0n) is 10.5. The second kappa shape index (κ2) is 4.05. The lowest BCUT2D eigenvalue weighted by Crippen LogP contribution is -2.13. The minimum absolute atomic E-state index is 0.117. The maximum absolute atomic E-state index is 11.7. The summed E-state index contributed by atoms with van der Waals surface area (Å²) in [5, 5.41) is 2.92. The third kappa shape index (κ3) is 2.06. The van der Waals surface area contributed by atoms with Crippen molar-refractivity contribution in [1.82, 2.24) is 9.97 Å². The number of rotatable bonds is 2. The van der Waals surface area contributed by atoms with Crippen molar-refractivity contribution in [3.63, 3.8) is 0 Å². The number of hydrogen-bond acceptors (Lipinski definition) is 3. The van der Waals surface area contributed by atoms with Crippen LogP contribution in [0.25, 0.3) is 11.0 Å². The van der Waals surface area contributed by atoms with E-state index in [1.54, 1.807) is 0 Å². The van der Waals surface area contributed by atoms with Gasteiger partial charge in [-0.2, -0.15) is 0 Å². The molecule has 1 heterocycles. The van der Waals surface area contributed by atoms with E-state index >= 15 is 0 Å². The van der Waals surface area contributed by atoms with Gasteiger partial charge in [0, 0.05) is 11.6 Å². The van der Waals surface area contributed by atoms with Gasteiger partial charge in [0.05, 0.1) is 22.4 Å². The van der Waals surface area contributed by atoms with Crippen LogP contribution in [-0.4, -0.2) is 15.9 Å². The van der Waals surface area contributed by atoms with E-state index in [1.807, 2.05) is 32.0 Å². The summed E-state index contributed by atoms with van der Waals surface area (Å²) in [4.78, 5) is 20.6. The molecule has 1 aliphatic carbocycles. The summed E-state index contributed by atoms with van der Waals surface area (Å²) < 4.78 is 0. The van der Waals surface area contributed by atoms with Crippen LogP contribution in [0.1, 0.15) is 24.2 Å². The highest BCUT2D eigenvalue weighted by molar-refractivity contribution is 5.95. The molecule has 0 aliphatic heterocycles. The lowest BCUT2D eigenvalue weighted by atomic mass is 10.2. The monoisotopic (exact) mass is 241 g/mol. The third-order valence-electron chi connectivity index (χ3n) is 3.29. The maximum atomic E-state index is 11.7. The molecule has 0 spiro atoms. The number of aryl methyl sites for hydroxylation is 2. The molecule has 92 valence electrons. The Morgan fingerprint density at radius 2 is 1.83 bits per heavy atom. The van der Waals surface area contributed by atoms with Crippen molar-refractivity contribution in [3.05, 3.63) is 29.6 Å². The first kappa shape index (κ1) is 11.1. The standard InChI is InChI=1S/C14H15N3O/c1-8-9(2)16-13-7-11(5-6-12(13)15-8)17-14(18)10-3-4-10/h5-7,10H,3-4H2,1-2H3,(H,17,18). The molecular formula is C14H15N3O. The third-order valence-corrected chi connectivity index (χ3v) is 3.29. The highest BCUT2D eigenvalue weighted by atomic mass is 16.2. The summed E-state index contributed by atoms with van der Waals surface area (Å²) in [6.07, 6.45) is 2.02. The highest BCUT2D eigenvalue weighted by Gasteiger charge is 2.29. The Balaban J connectivity index is 1.94. The van der Waals surface area contributed by atoms with E-state index in [2.05, 4.69) is 15.3 Å². The lowest BCUT2D eigenvalue weighted by molar-refractivity contribution is -0.117. The Morgan fingerprint density at radius 3 is 2.50 bits per heavy atom. The quantitative estimate of drug-likeness (QED) is 0.879. The maximum Gasteiger partial charge on any atom is 0.227 e. The molecule has 1 N–H and O–H groups in total. The smallest absolute Gasteiger partial charge is 0.227 e. The van der Waals surface area contributed by atoms with Crippen LogP contribution in [0, 0.1) is 19.8 Å². The summed E-state index contributed by atoms with van der Waals surface area (Å²) in [5.41, 5.74) is 4.36. The van der Waals surface area contributed by atoms with Gasteiger partial charge in [-0.1, -0.05) is 0 Å². The van der Waals surface area contributed by atoms with E-state index in [1.165, 1.54) is 0 Å². The largest absolute Gasteiger partial charge is 0.326 e. The van der Waals surface area contributed by atoms with E-state index in [9.17, 15) is 4.79 Å². The fraction of sp³-hybridized carbons (Fsp3) is 0.357. The number of carbonyl (C=O) groups excluding carboxylic acids is 1. The molecule has 4 nitrogen and oxygen atoms in total. The molecule has 3 rings (SSSR count). The van der Waals surface area contributed by atoms with Crippen LogP contribution in [0.4, 0.5) is 5.69 Å². The number of anilines is 1. The van der Waals surface area contributed by atoms with Gasteiger partial charge in [0.25, 0.3) is 0 Å². The fourth-order valence-electron chi connectivity index (χ4n) is 1.90. The molecule has 1 aromatic carbocycles. The van der Waals surface area contributed by atoms with Crippen LogP contribution < -0.4 is 5.32 Å². The van der Waals surface area contributed by atoms with Crippen LogP contribution in [0.5, 0.6) is 0 Å². The van der Waals surface area contributed by atoms with Crippen molar-refractivity contribution < 1.29 is 4.79 Å². The number of amides is 1. The Kier molecular flexibility index (Phi) is 2.51. The van der Waals surface area contributed by atoms with Gasteiger partial charge in [0.2, 0.25) is 5.91 Å². The summed E-state index contributed by atoms with van der Waals surface area (Å²) in [6, 6.07) is 5.67. The van der Waals surface area contributed by atoms with Crippen LogP contribution in [0.3, 0.4) is 0 Å². The van der Waals surface area contributed by atoms with Gasteiger partial charge in [-0.05, 0) is 44.9 Å². The van der Waals surface area contributed by atoms with Gasteiger partial charge in [-0.15, -0.1) is 0 Å². The molecule has 4 heteroatoms. The van der Waals surface area contributed by atoms with Crippen LogP contribution in [-0.2, 0) is 4.79 Å². The van der Waals surface area contributed by atoms with Crippen molar-refractivity contribution in [2.75, 3.05) is 5.32 Å². The zero-order valence-corrected chi connectivity index (χ0v) is 10.5. The average molecular weight is 241 g/mol. The van der Waals surface area contributed by atoms with E-state index < -0.39 is 0 Å². The molecule has 0 atom stereocenters. The van der Waals surface area contributed by atoms with E-state index in [-0.39, 0.29) is 11.8 Å². The van der Waals surface area contributed by atoms with Crippen molar-refractivity contribution in [2.24, 2.45) is 5.92 Å². The molecule has 1 saturated carbocycles. The number of nitrogens with zero attached hydrogens (tertiary/aromatic N) is 2. The normalized spacial score (nSPS) is 14.8. The summed E-state index contributed by atoms with van der Waals surface area (Å²) in [7, 11) is 0. The Labute approximate surface area is 105 Å². The fourth-order valence-corrected chi connectivity index (χ4v) is 1.90. The van der Waals surface area contributed by atoms with Crippen LogP contribution >= 0.6 is 0 Å². The minimum atomic E-state index is 0.117. The number of aromatic nitrogens is 2. The number of nitrogens with one attached hydrogen (secondary N) is 1. The molecule has 0 unspecified atom stereocenters. The number of carbonyl (C=O) groups is 1. The molecule has 1 aromatic heterocycles. The average Bonchev–Trinajstić information content (AvgIpc) is 3.15. The molecule has 0 radical (unpaired) electrons. The SMILES string of the molecule is Cc1nc2ccc(NC(=O)C3CC3)cc2nc1C. The Morgan fingerprint density at radius 1 is 1.17 bits per heavy atom. The predicted molar refractivity (Wildman–Crippen MR) is 70.4 cm³/mol. The highest BCUT2D eigenvalue weighted by Crippen LogP contribution is 2.30. The lowest BCUT2D eigenvalue weighted by Gasteiger charge is -2.06. The molecule has 1 aliphatic rings. The summed E-state index contributed by atoms with van der Waals surface area (Å²) in [6.45, 7) is 3.89. The molecule has 0 bridgehead atoms. The van der Waals surface area contributed by atoms with Gasteiger partial charge < -0.3 is 5.32 Å². The number of fused-ring (bicyclic) bond motifs is 1. The van der Waals surface area contributed by atoms with Gasteiger partial charge in [-0.3, -0.25) is 4.79 Å². The number of benzene rings is 1. The second-order valence-corrected chi connectivity index (χ2v) is 4.86. The van der Waals surface area contributed by atoms with E-state index in [0.29, 0.717) is 0 Å². The molecule has 1 amide bonds. The minimum Gasteiger partial charge on any atom is -0.326 e. The molecule has 18 heavy (non-hydrogen) atoms. The summed E-state index contributed by atoms with van der Waals surface area (Å²) in [5.74, 6) is 0.331. The van der Waals surface area contributed by atoms with Gasteiger partial charge in [0.1, 0.15) is 0 Å². The van der Waals surface area contributed by atoms with E-state index in [0.717, 1.165) is 41.0 Å². The first-order chi connectivity index (χ1) is 8.63. The second-order valence-electron chi connectivity index (χ2n) is 4.86. The van der Waals surface area contributed by atoms with Crippen molar-refractivity contribution in [2.45, 2.75) is 26.7 Å². The number of hydrogen-bond donors (Lipinski definition) is 1. The van der Waals surface area contributed by atoms with E-state index in [4.69, 9.17) is 0 Å². The molecule has 0 saturated heterocycles. The summed E-state index contributed by atoms with van der Waals surface area (Å²) >= 11 is 0. The van der Waals surface area contributed by atoms with Crippen LogP contribution in [0.2, 0.25) is 0 Å². The van der Waals surface area contributed by atoms with Crippen molar-refractivity contribution in [3.8, 4) is 0 Å². The van der Waals surface area contributed by atoms with Crippen molar-refractivity contribution in [1.29, 1.82) is 0 Å². The Bertz CT molecular complexity index is 632. The molecular weight excluding hydrogens is 226 g/mol. The van der Waals surface area contributed by atoms with Gasteiger partial charge in [-0.25, -0.2) is 9.97 Å². The first-order valence-electron chi connectivity index (χ1n) is 6.19. The van der Waals surface area contributed by atoms with Gasteiger partial charge in [0.15, 0.2) is 0 Å². The topological polar surface area (TPSA) is 54.9 Å².